The minimum absolute atomic E-state index is 0.0945. The first kappa shape index (κ1) is 12.4. The van der Waals surface area contributed by atoms with Crippen LogP contribution >= 0.6 is 0 Å². The number of phenolic OH excluding ortho intramolecular Hbond substituents is 1. The van der Waals surface area contributed by atoms with Gasteiger partial charge in [0.05, 0.1) is 12.7 Å². The van der Waals surface area contributed by atoms with E-state index in [1.165, 1.54) is 20.1 Å². The third kappa shape index (κ3) is 2.68. The second-order valence-electron chi connectivity index (χ2n) is 3.40. The number of halogens is 2. The summed E-state index contributed by atoms with van der Waals surface area (Å²) in [4.78, 5) is 10.9. The third-order valence-corrected chi connectivity index (χ3v) is 2.10. The van der Waals surface area contributed by atoms with E-state index in [0.29, 0.717) is 0 Å². The van der Waals surface area contributed by atoms with Crippen molar-refractivity contribution in [3.63, 3.8) is 0 Å². The molecule has 0 amide bonds. The second kappa shape index (κ2) is 4.92. The van der Waals surface area contributed by atoms with Crippen LogP contribution in [0.3, 0.4) is 0 Å². The van der Waals surface area contributed by atoms with E-state index < -0.39 is 17.7 Å². The normalized spacial score (nSPS) is 10.6. The lowest BCUT2D eigenvalue weighted by Gasteiger charge is -2.11. The maximum Gasteiger partial charge on any atom is 0.267 e. The zero-order chi connectivity index (χ0) is 12.3. The average molecular weight is 230 g/mol. The van der Waals surface area contributed by atoms with Crippen molar-refractivity contribution in [1.82, 2.24) is 0 Å². The van der Waals surface area contributed by atoms with Crippen LogP contribution in [0.15, 0.2) is 12.1 Å². The minimum Gasteiger partial charge on any atom is -0.507 e. The van der Waals surface area contributed by atoms with Gasteiger partial charge >= 0.3 is 0 Å². The highest BCUT2D eigenvalue weighted by molar-refractivity contribution is 5.79. The lowest BCUT2D eigenvalue weighted by molar-refractivity contribution is -0.116. The molecule has 0 aliphatic rings. The molecular weight excluding hydrogens is 218 g/mol. The summed E-state index contributed by atoms with van der Waals surface area (Å²) in [5.41, 5.74) is -0.363. The van der Waals surface area contributed by atoms with Crippen LogP contribution < -0.4 is 4.74 Å². The lowest BCUT2D eigenvalue weighted by atomic mass is 10.0. The summed E-state index contributed by atoms with van der Waals surface area (Å²) >= 11 is 0. The maximum absolute atomic E-state index is 12.6. The van der Waals surface area contributed by atoms with E-state index in [0.717, 1.165) is 6.07 Å². The highest BCUT2D eigenvalue weighted by Crippen LogP contribution is 2.35. The topological polar surface area (TPSA) is 46.5 Å². The number of benzene rings is 1. The van der Waals surface area contributed by atoms with Crippen molar-refractivity contribution in [3.8, 4) is 11.5 Å². The van der Waals surface area contributed by atoms with E-state index in [1.807, 2.05) is 0 Å². The fourth-order valence-corrected chi connectivity index (χ4v) is 1.38. The molecule has 0 aliphatic carbocycles. The van der Waals surface area contributed by atoms with Crippen LogP contribution in [0.5, 0.6) is 11.5 Å². The van der Waals surface area contributed by atoms with Gasteiger partial charge in [-0.2, -0.15) is 0 Å². The van der Waals surface area contributed by atoms with Crippen LogP contribution in [0.2, 0.25) is 0 Å². The van der Waals surface area contributed by atoms with Crippen molar-refractivity contribution in [2.75, 3.05) is 7.11 Å². The smallest absolute Gasteiger partial charge is 0.267 e. The largest absolute Gasteiger partial charge is 0.507 e. The van der Waals surface area contributed by atoms with Crippen molar-refractivity contribution in [2.45, 2.75) is 19.8 Å². The zero-order valence-electron chi connectivity index (χ0n) is 8.96. The van der Waals surface area contributed by atoms with Crippen LogP contribution in [0.1, 0.15) is 24.5 Å². The number of Topliss-reactive ketones (excluding diaryl/α,β-unsaturated/α-hetero) is 1. The van der Waals surface area contributed by atoms with Crippen LogP contribution in [0, 0.1) is 0 Å². The van der Waals surface area contributed by atoms with Gasteiger partial charge in [-0.05, 0) is 19.1 Å². The molecule has 0 atom stereocenters. The molecule has 0 saturated heterocycles. The van der Waals surface area contributed by atoms with Gasteiger partial charge in [0.1, 0.15) is 17.3 Å². The van der Waals surface area contributed by atoms with Gasteiger partial charge in [0, 0.05) is 12.0 Å². The Balaban J connectivity index is 3.25. The predicted molar refractivity (Wildman–Crippen MR) is 54.0 cm³/mol. The molecule has 5 heteroatoms. The van der Waals surface area contributed by atoms with Gasteiger partial charge in [0.2, 0.25) is 0 Å². The van der Waals surface area contributed by atoms with Crippen LogP contribution in [0.25, 0.3) is 0 Å². The molecule has 0 aliphatic heterocycles. The molecule has 0 unspecified atom stereocenters. The van der Waals surface area contributed by atoms with Crippen molar-refractivity contribution >= 4 is 5.78 Å². The molecule has 1 rings (SSSR count). The van der Waals surface area contributed by atoms with Gasteiger partial charge in [-0.25, -0.2) is 8.78 Å². The Kier molecular flexibility index (Phi) is 3.82. The monoisotopic (exact) mass is 230 g/mol. The van der Waals surface area contributed by atoms with Gasteiger partial charge in [-0.15, -0.1) is 0 Å². The van der Waals surface area contributed by atoms with E-state index in [4.69, 9.17) is 4.74 Å². The summed E-state index contributed by atoms with van der Waals surface area (Å²) < 4.78 is 29.9. The molecule has 0 radical (unpaired) electrons. The summed E-state index contributed by atoms with van der Waals surface area (Å²) in [5.74, 6) is -0.556. The highest BCUT2D eigenvalue weighted by Gasteiger charge is 2.18. The van der Waals surface area contributed by atoms with Gasteiger partial charge in [-0.1, -0.05) is 0 Å². The first-order valence-corrected chi connectivity index (χ1v) is 4.63. The molecule has 0 fully saturated rings. The maximum atomic E-state index is 12.6. The van der Waals surface area contributed by atoms with Crippen LogP contribution in [0.4, 0.5) is 8.78 Å². The molecular formula is C11H12F2O3. The second-order valence-corrected chi connectivity index (χ2v) is 3.40. The Morgan fingerprint density at radius 3 is 2.56 bits per heavy atom. The first-order valence-electron chi connectivity index (χ1n) is 4.63. The standard InChI is InChI=1S/C11H12F2O3/c1-6(14)3-7-4-8(16-2)5-9(10(7)15)11(12)13/h4-5,11,15H,3H2,1-2H3. The molecule has 0 heterocycles. The molecule has 0 aromatic heterocycles. The van der Waals surface area contributed by atoms with Gasteiger partial charge < -0.3 is 9.84 Å². The number of aromatic hydroxyl groups is 1. The molecule has 0 bridgehead atoms. The minimum atomic E-state index is -2.80. The molecule has 88 valence electrons. The first-order chi connectivity index (χ1) is 7.45. The molecule has 3 nitrogen and oxygen atoms in total. The average Bonchev–Trinajstić information content (AvgIpc) is 2.19. The van der Waals surface area contributed by atoms with Crippen molar-refractivity contribution < 1.29 is 23.4 Å². The summed E-state index contributed by atoms with van der Waals surface area (Å²) in [6.07, 6.45) is -2.90. The van der Waals surface area contributed by atoms with Crippen LogP contribution in [-0.4, -0.2) is 18.0 Å². The van der Waals surface area contributed by atoms with Gasteiger partial charge in [0.15, 0.2) is 0 Å². The Labute approximate surface area is 91.7 Å². The molecule has 0 saturated carbocycles. The summed E-state index contributed by atoms with van der Waals surface area (Å²) in [6, 6.07) is 2.44. The van der Waals surface area contributed by atoms with E-state index in [9.17, 15) is 18.7 Å². The number of rotatable bonds is 4. The highest BCUT2D eigenvalue weighted by atomic mass is 19.3. The number of phenols is 1. The number of carbonyl (C=O) groups is 1. The Morgan fingerprint density at radius 2 is 2.12 bits per heavy atom. The van der Waals surface area contributed by atoms with E-state index >= 15 is 0 Å². The van der Waals surface area contributed by atoms with Gasteiger partial charge in [0.25, 0.3) is 6.43 Å². The number of methoxy groups -OCH3 is 1. The number of hydrogen-bond acceptors (Lipinski definition) is 3. The quantitative estimate of drug-likeness (QED) is 0.864. The zero-order valence-corrected chi connectivity index (χ0v) is 8.96. The van der Waals surface area contributed by atoms with Crippen molar-refractivity contribution in [2.24, 2.45) is 0 Å². The fourth-order valence-electron chi connectivity index (χ4n) is 1.38. The van der Waals surface area contributed by atoms with E-state index in [-0.39, 0.29) is 23.5 Å². The number of ether oxygens (including phenoxy) is 1. The summed E-state index contributed by atoms with van der Waals surface area (Å²) in [6.45, 7) is 1.32. The third-order valence-electron chi connectivity index (χ3n) is 2.10. The number of ketones is 1. The number of hydrogen-bond donors (Lipinski definition) is 1. The summed E-state index contributed by atoms with van der Waals surface area (Å²) in [7, 11) is 1.33. The molecule has 1 aromatic rings. The van der Waals surface area contributed by atoms with Crippen molar-refractivity contribution in [3.05, 3.63) is 23.3 Å². The number of carbonyl (C=O) groups excluding carboxylic acids is 1. The van der Waals surface area contributed by atoms with Crippen molar-refractivity contribution in [1.29, 1.82) is 0 Å². The Hall–Kier alpha value is -1.65. The SMILES string of the molecule is COc1cc(CC(C)=O)c(O)c(C(F)F)c1. The molecule has 0 spiro atoms. The van der Waals surface area contributed by atoms with E-state index in [2.05, 4.69) is 0 Å². The molecule has 16 heavy (non-hydrogen) atoms. The van der Waals surface area contributed by atoms with E-state index in [1.54, 1.807) is 0 Å². The van der Waals surface area contributed by atoms with Crippen LogP contribution in [-0.2, 0) is 11.2 Å². The summed E-state index contributed by atoms with van der Waals surface area (Å²) in [5, 5.41) is 9.54. The number of alkyl halides is 2. The molecule has 1 N–H and O–H groups in total. The Morgan fingerprint density at radius 1 is 1.50 bits per heavy atom. The van der Waals surface area contributed by atoms with Gasteiger partial charge in [-0.3, -0.25) is 4.79 Å². The fraction of sp³-hybridized carbons (Fsp3) is 0.364. The predicted octanol–water partition coefficient (Wildman–Crippen LogP) is 2.47. The Bertz CT molecular complexity index is 402. The molecule has 1 aromatic carbocycles. The lowest BCUT2D eigenvalue weighted by Crippen LogP contribution is -2.00.